The largest absolute Gasteiger partial charge is 0.507 e. The van der Waals surface area contributed by atoms with Crippen molar-refractivity contribution in [3.8, 4) is 16.3 Å². The lowest BCUT2D eigenvalue weighted by Gasteiger charge is -2.27. The van der Waals surface area contributed by atoms with Gasteiger partial charge in [0.2, 0.25) is 5.43 Å². The fourth-order valence-electron chi connectivity index (χ4n) is 4.45. The van der Waals surface area contributed by atoms with E-state index in [-0.39, 0.29) is 17.1 Å². The van der Waals surface area contributed by atoms with E-state index in [1.165, 1.54) is 11.3 Å². The van der Waals surface area contributed by atoms with Crippen molar-refractivity contribution in [2.45, 2.75) is 39.7 Å². The molecule has 0 atom stereocenters. The summed E-state index contributed by atoms with van der Waals surface area (Å²) in [6.45, 7) is 9.42. The molecule has 0 amide bonds. The van der Waals surface area contributed by atoms with Crippen LogP contribution in [0.5, 0.6) is 5.75 Å². The number of benzene rings is 2. The molecule has 3 heterocycles. The Kier molecular flexibility index (Phi) is 5.95. The second-order valence-corrected chi connectivity index (χ2v) is 9.82. The third kappa shape index (κ3) is 3.94. The van der Waals surface area contributed by atoms with Crippen molar-refractivity contribution in [3.05, 3.63) is 57.4 Å². The van der Waals surface area contributed by atoms with Gasteiger partial charge in [-0.1, -0.05) is 32.9 Å². The monoisotopic (exact) mass is 464 g/mol. The first-order chi connectivity index (χ1) is 16.0. The summed E-state index contributed by atoms with van der Waals surface area (Å²) in [5.41, 5.74) is 3.24. The van der Waals surface area contributed by atoms with Crippen LogP contribution < -0.4 is 5.43 Å². The number of hydrogen-bond donors (Lipinski definition) is 1. The first kappa shape index (κ1) is 22.1. The zero-order valence-corrected chi connectivity index (χ0v) is 20.0. The summed E-state index contributed by atoms with van der Waals surface area (Å²) in [6, 6.07) is 9.69. The molecule has 172 valence electrons. The van der Waals surface area contributed by atoms with E-state index >= 15 is 0 Å². The van der Waals surface area contributed by atoms with Crippen LogP contribution in [-0.4, -0.2) is 41.3 Å². The number of aryl methyl sites for hydroxylation is 1. The number of thiazole rings is 1. The quantitative estimate of drug-likeness (QED) is 0.432. The fourth-order valence-corrected chi connectivity index (χ4v) is 5.46. The molecule has 5 rings (SSSR count). The first-order valence-corrected chi connectivity index (χ1v) is 12.3. The summed E-state index contributed by atoms with van der Waals surface area (Å²) < 4.78 is 13.0. The minimum Gasteiger partial charge on any atom is -0.507 e. The van der Waals surface area contributed by atoms with Crippen molar-refractivity contribution in [2.75, 3.05) is 26.3 Å². The zero-order chi connectivity index (χ0) is 23.1. The lowest BCUT2D eigenvalue weighted by molar-refractivity contribution is 0.0339. The van der Waals surface area contributed by atoms with Crippen molar-refractivity contribution in [1.82, 2.24) is 9.88 Å². The molecule has 1 N–H and O–H groups in total. The molecule has 0 saturated carbocycles. The van der Waals surface area contributed by atoms with Gasteiger partial charge in [-0.15, -0.1) is 11.3 Å². The second-order valence-electron chi connectivity index (χ2n) is 8.79. The Morgan fingerprint density at radius 3 is 2.67 bits per heavy atom. The van der Waals surface area contributed by atoms with E-state index < -0.39 is 0 Å². The Morgan fingerprint density at radius 1 is 1.21 bits per heavy atom. The van der Waals surface area contributed by atoms with E-state index in [9.17, 15) is 9.90 Å². The average Bonchev–Trinajstić information content (AvgIpc) is 3.25. The van der Waals surface area contributed by atoms with E-state index in [0.717, 1.165) is 28.9 Å². The number of ether oxygens (including phenoxy) is 1. The molecule has 0 aliphatic carbocycles. The van der Waals surface area contributed by atoms with E-state index in [1.807, 2.05) is 45.0 Å². The topological polar surface area (TPSA) is 75.8 Å². The molecule has 0 spiro atoms. The van der Waals surface area contributed by atoms with Gasteiger partial charge >= 0.3 is 0 Å². The van der Waals surface area contributed by atoms with Crippen molar-refractivity contribution in [2.24, 2.45) is 0 Å². The lowest BCUT2D eigenvalue weighted by Crippen LogP contribution is -2.35. The number of phenols is 1. The van der Waals surface area contributed by atoms with Crippen molar-refractivity contribution in [1.29, 1.82) is 0 Å². The van der Waals surface area contributed by atoms with Crippen LogP contribution in [0.25, 0.3) is 31.8 Å². The maximum Gasteiger partial charge on any atom is 0.203 e. The maximum absolute atomic E-state index is 13.9. The average molecular weight is 465 g/mol. The molecule has 1 fully saturated rings. The van der Waals surface area contributed by atoms with Crippen LogP contribution in [0.3, 0.4) is 0 Å². The Bertz CT molecular complexity index is 1350. The van der Waals surface area contributed by atoms with Crippen LogP contribution >= 0.6 is 11.3 Å². The number of morpholine rings is 1. The highest BCUT2D eigenvalue weighted by atomic mass is 32.1. The molecular formula is C26H28N2O4S. The lowest BCUT2D eigenvalue weighted by atomic mass is 9.98. The highest BCUT2D eigenvalue weighted by Gasteiger charge is 2.26. The van der Waals surface area contributed by atoms with E-state index in [1.54, 1.807) is 6.07 Å². The molecule has 2 aromatic carbocycles. The summed E-state index contributed by atoms with van der Waals surface area (Å²) in [7, 11) is 0. The SMILES string of the molecule is CCc1cc2c(=O)c(-c3nc4ccccc4s3)c(C(C)C)oc2c(CN2CCOCC2)c1O. The number of aromatic nitrogens is 1. The highest BCUT2D eigenvalue weighted by Crippen LogP contribution is 2.38. The Balaban J connectivity index is 1.77. The molecule has 1 saturated heterocycles. The van der Waals surface area contributed by atoms with Crippen molar-refractivity contribution >= 4 is 32.5 Å². The highest BCUT2D eigenvalue weighted by molar-refractivity contribution is 7.21. The molecule has 6 nitrogen and oxygen atoms in total. The van der Waals surface area contributed by atoms with Gasteiger partial charge in [0.25, 0.3) is 0 Å². The first-order valence-electron chi connectivity index (χ1n) is 11.5. The normalized spacial score (nSPS) is 15.2. The van der Waals surface area contributed by atoms with Crippen LogP contribution in [-0.2, 0) is 17.7 Å². The summed E-state index contributed by atoms with van der Waals surface area (Å²) in [4.78, 5) is 20.9. The standard InChI is InChI=1S/C26H28N2O4S/c1-4-16-13-17-23(30)21(26-27-19-7-5-6-8-20(19)33-26)24(15(2)3)32-25(17)18(22(16)29)14-28-9-11-31-12-10-28/h5-8,13,15,29H,4,9-12,14H2,1-3H3. The van der Waals surface area contributed by atoms with E-state index in [4.69, 9.17) is 14.1 Å². The number of rotatable bonds is 5. The number of fused-ring (bicyclic) bond motifs is 2. The summed E-state index contributed by atoms with van der Waals surface area (Å²) in [6.07, 6.45) is 0.625. The predicted octanol–water partition coefficient (Wildman–Crippen LogP) is 5.29. The molecule has 1 aliphatic rings. The number of hydrogen-bond acceptors (Lipinski definition) is 7. The van der Waals surface area contributed by atoms with Gasteiger partial charge in [0.1, 0.15) is 22.1 Å². The van der Waals surface area contributed by atoms with Gasteiger partial charge in [-0.05, 0) is 30.2 Å². The van der Waals surface area contributed by atoms with Crippen LogP contribution in [0.1, 0.15) is 43.6 Å². The number of nitrogens with zero attached hydrogens (tertiary/aromatic N) is 2. The zero-order valence-electron chi connectivity index (χ0n) is 19.2. The number of para-hydroxylation sites is 1. The maximum atomic E-state index is 13.9. The minimum atomic E-state index is -0.0862. The van der Waals surface area contributed by atoms with Gasteiger partial charge < -0.3 is 14.3 Å². The molecule has 0 unspecified atom stereocenters. The Hall–Kier alpha value is -2.74. The molecule has 0 bridgehead atoms. The van der Waals surface area contributed by atoms with E-state index in [0.29, 0.717) is 59.0 Å². The van der Waals surface area contributed by atoms with Crippen molar-refractivity contribution < 1.29 is 14.3 Å². The molecular weight excluding hydrogens is 436 g/mol. The van der Waals surface area contributed by atoms with Crippen LogP contribution in [0.2, 0.25) is 0 Å². The Labute approximate surface area is 196 Å². The van der Waals surface area contributed by atoms with E-state index in [2.05, 4.69) is 4.90 Å². The molecule has 1 aliphatic heterocycles. The third-order valence-electron chi connectivity index (χ3n) is 6.26. The van der Waals surface area contributed by atoms with Gasteiger partial charge in [-0.2, -0.15) is 0 Å². The molecule has 2 aromatic heterocycles. The number of phenolic OH excluding ortho intramolecular Hbond substituents is 1. The van der Waals surface area contributed by atoms with Gasteiger partial charge in [0, 0.05) is 25.6 Å². The smallest absolute Gasteiger partial charge is 0.203 e. The van der Waals surface area contributed by atoms with Crippen LogP contribution in [0.4, 0.5) is 0 Å². The summed E-state index contributed by atoms with van der Waals surface area (Å²) >= 11 is 1.51. The van der Waals surface area contributed by atoms with Crippen molar-refractivity contribution in [3.63, 3.8) is 0 Å². The van der Waals surface area contributed by atoms with Crippen LogP contribution in [0, 0.1) is 0 Å². The minimum absolute atomic E-state index is 0.0201. The number of aromatic hydroxyl groups is 1. The van der Waals surface area contributed by atoms with Gasteiger partial charge in [0.05, 0.1) is 39.9 Å². The summed E-state index contributed by atoms with van der Waals surface area (Å²) in [5, 5.41) is 12.3. The predicted molar refractivity (Wildman–Crippen MR) is 132 cm³/mol. The van der Waals surface area contributed by atoms with Gasteiger partial charge in [-0.3, -0.25) is 9.69 Å². The molecule has 0 radical (unpaired) electrons. The molecule has 4 aromatic rings. The Morgan fingerprint density at radius 2 is 1.97 bits per heavy atom. The van der Waals surface area contributed by atoms with Gasteiger partial charge in [-0.25, -0.2) is 4.98 Å². The molecule has 7 heteroatoms. The van der Waals surface area contributed by atoms with Gasteiger partial charge in [0.15, 0.2) is 0 Å². The third-order valence-corrected chi connectivity index (χ3v) is 7.31. The van der Waals surface area contributed by atoms with Crippen LogP contribution in [0.15, 0.2) is 39.5 Å². The molecule has 33 heavy (non-hydrogen) atoms. The second kappa shape index (κ2) is 8.89. The fraction of sp³-hybridized carbons (Fsp3) is 0.385. The summed E-state index contributed by atoms with van der Waals surface area (Å²) in [5.74, 6) is 0.814.